The first-order valence-electron chi connectivity index (χ1n) is 11.4. The minimum absolute atomic E-state index is 0.677. The maximum atomic E-state index is 5.14. The zero-order valence-electron chi connectivity index (χ0n) is 19.6. The van der Waals surface area contributed by atoms with Crippen molar-refractivity contribution in [1.29, 1.82) is 0 Å². The van der Waals surface area contributed by atoms with Crippen LogP contribution in [0.25, 0.3) is 50.4 Å². The van der Waals surface area contributed by atoms with Crippen molar-refractivity contribution in [3.05, 3.63) is 54.6 Å². The molecule has 0 saturated carbocycles. The SMILES string of the molecule is CC.[Tl][NH]c1ccc2c(c1)nc1n2c2nc3cc([NH][Tl])ccc3n2c2nc3cc([N]([Tl])[Tl])ccc3n12. The van der Waals surface area contributed by atoms with E-state index in [0.29, 0.717) is 52.1 Å². The van der Waals surface area contributed by atoms with Crippen molar-refractivity contribution < 1.29 is 0 Å². The maximum absolute atomic E-state index is 5.14. The van der Waals surface area contributed by atoms with Crippen LogP contribution >= 0.6 is 0 Å². The molecule has 166 valence electrons. The van der Waals surface area contributed by atoms with Crippen LogP contribution in [-0.4, -0.2) is 132 Å². The molecule has 0 radical (unpaired) electrons. The molecular weight excluding hydrogens is 1220 g/mol. The fraction of sp³-hybridized carbons (Fsp3) is 0.0870. The summed E-state index contributed by atoms with van der Waals surface area (Å²) in [5.41, 5.74) is 9.47. The standard InChI is InChI=1S/C21H11N9.C2H6.4Tl/c22-10-1-4-16-13(7-10)25-19-28(16)20-26-14-8-11(23)2-5-17(14)30(20)21-27-15-9-12(24)3-6-18(15)29(19)21;1-2;;;;/h1-9,22-23H;1-2H3;;;;/q-2;;;;2*+1. The average molecular weight is 1240 g/mol. The predicted octanol–water partition coefficient (Wildman–Crippen LogP) is 3.08. The summed E-state index contributed by atoms with van der Waals surface area (Å²) < 4.78 is 15.7. The summed E-state index contributed by atoms with van der Waals surface area (Å²) in [5, 5.41) is 0. The third kappa shape index (κ3) is 3.87. The number of imidazole rings is 3. The molecule has 7 aromatic rings. The van der Waals surface area contributed by atoms with Gasteiger partial charge >= 0.3 is 261 Å². The van der Waals surface area contributed by atoms with Gasteiger partial charge in [-0.25, -0.2) is 0 Å². The summed E-state index contributed by atoms with van der Waals surface area (Å²) in [4.78, 5) is 15.3. The molecule has 2 N–H and O–H groups in total. The second-order valence-corrected chi connectivity index (χ2v) is 23.6. The Balaban J connectivity index is 0.00000117. The van der Waals surface area contributed by atoms with Gasteiger partial charge in [0.05, 0.1) is 0 Å². The number of hydrogen-bond acceptors (Lipinski definition) is 6. The van der Waals surface area contributed by atoms with E-state index in [2.05, 4.69) is 74.6 Å². The Kier molecular flexibility index (Phi) is 7.09. The number of fused-ring (bicyclic) bond motifs is 12. The first kappa shape index (κ1) is 25.4. The van der Waals surface area contributed by atoms with E-state index in [1.807, 2.05) is 13.8 Å². The van der Waals surface area contributed by atoms with Crippen LogP contribution in [0.1, 0.15) is 13.8 Å². The van der Waals surface area contributed by atoms with Crippen molar-refractivity contribution in [1.82, 2.24) is 28.2 Å². The molecule has 13 heteroatoms. The zero-order valence-corrected chi connectivity index (χ0v) is 37.6. The predicted molar refractivity (Wildman–Crippen MR) is 149 cm³/mol. The van der Waals surface area contributed by atoms with Gasteiger partial charge in [0.1, 0.15) is 0 Å². The Hall–Kier alpha value is -0.842. The Labute approximate surface area is 271 Å². The summed E-state index contributed by atoms with van der Waals surface area (Å²) >= 11 is 2.95. The summed E-state index contributed by atoms with van der Waals surface area (Å²) in [6.07, 6.45) is 0. The molecule has 3 aromatic carbocycles. The molecule has 0 saturated heterocycles. The molecule has 0 bridgehead atoms. The van der Waals surface area contributed by atoms with Crippen molar-refractivity contribution in [2.75, 3.05) is 6.77 Å². The third-order valence-electron chi connectivity index (χ3n) is 6.13. The number of rotatable bonds is 3. The molecule has 4 heterocycles. The van der Waals surface area contributed by atoms with Gasteiger partial charge < -0.3 is 0 Å². The molecule has 0 amide bonds. The molecule has 36 heavy (non-hydrogen) atoms. The van der Waals surface area contributed by atoms with E-state index in [0.717, 1.165) is 114 Å². The Morgan fingerprint density at radius 1 is 0.611 bits per heavy atom. The Morgan fingerprint density at radius 3 is 1.39 bits per heavy atom. The molecule has 7 rings (SSSR count). The molecule has 4 aromatic heterocycles. The van der Waals surface area contributed by atoms with Crippen LogP contribution in [0, 0.1) is 0 Å². The van der Waals surface area contributed by atoms with Crippen LogP contribution in [-0.2, 0) is 0 Å². The first-order valence-corrected chi connectivity index (χ1v) is 19.9. The number of benzene rings is 3. The van der Waals surface area contributed by atoms with E-state index in [-0.39, 0.29) is 0 Å². The van der Waals surface area contributed by atoms with E-state index in [4.69, 9.17) is 15.0 Å². The van der Waals surface area contributed by atoms with Gasteiger partial charge in [0.25, 0.3) is 0 Å². The van der Waals surface area contributed by atoms with Gasteiger partial charge in [0.15, 0.2) is 0 Å². The van der Waals surface area contributed by atoms with E-state index >= 15 is 0 Å². The molecule has 0 aliphatic carbocycles. The van der Waals surface area contributed by atoms with Gasteiger partial charge in [0, 0.05) is 0 Å². The third-order valence-corrected chi connectivity index (χ3v) is 11.0. The summed E-state index contributed by atoms with van der Waals surface area (Å²) in [7, 11) is 0. The molecule has 0 aliphatic heterocycles. The second kappa shape index (κ2) is 10.0. The second-order valence-electron chi connectivity index (χ2n) is 8.02. The van der Waals surface area contributed by atoms with E-state index in [1.54, 1.807) is 0 Å². The summed E-state index contributed by atoms with van der Waals surface area (Å²) in [5.74, 6) is 2.49. The number of anilines is 3. The van der Waals surface area contributed by atoms with Gasteiger partial charge in [-0.15, -0.1) is 0 Å². The van der Waals surface area contributed by atoms with Crippen LogP contribution in [0.3, 0.4) is 0 Å². The van der Waals surface area contributed by atoms with Crippen LogP contribution in [0.2, 0.25) is 0 Å². The summed E-state index contributed by atoms with van der Waals surface area (Å²) in [6, 6.07) is 19.4. The van der Waals surface area contributed by atoms with Crippen molar-refractivity contribution in [3.8, 4) is 0 Å². The van der Waals surface area contributed by atoms with Crippen LogP contribution in [0.15, 0.2) is 54.6 Å². The molecule has 0 fully saturated rings. The van der Waals surface area contributed by atoms with Crippen LogP contribution in [0.4, 0.5) is 17.1 Å². The average Bonchev–Trinajstić information content (AvgIpc) is 3.58. The van der Waals surface area contributed by atoms with Crippen LogP contribution in [0.5, 0.6) is 0 Å². The van der Waals surface area contributed by atoms with Crippen molar-refractivity contribution in [2.45, 2.75) is 13.8 Å². The number of hydrogen-bond donors (Lipinski definition) is 2. The topological polar surface area (TPSA) is 79.2 Å². The fourth-order valence-electron chi connectivity index (χ4n) is 4.57. The first-order chi connectivity index (χ1) is 17.6. The molecule has 0 aliphatic rings. The Bertz CT molecular complexity index is 1930. The van der Waals surface area contributed by atoms with E-state index in [1.165, 1.54) is 5.69 Å². The molecule has 0 spiro atoms. The normalized spacial score (nSPS) is 11.4. The van der Waals surface area contributed by atoms with Gasteiger partial charge in [-0.3, -0.25) is 0 Å². The fourth-order valence-corrected chi connectivity index (χ4v) is 7.22. The Morgan fingerprint density at radius 2 is 1.00 bits per heavy atom. The number of nitrogens with one attached hydrogen (secondary N) is 2. The number of aromatic nitrogens is 6. The zero-order chi connectivity index (χ0) is 25.1. The van der Waals surface area contributed by atoms with Gasteiger partial charge in [0.2, 0.25) is 0 Å². The van der Waals surface area contributed by atoms with E-state index < -0.39 is 0 Å². The quantitative estimate of drug-likeness (QED) is 0.266. The van der Waals surface area contributed by atoms with Crippen molar-refractivity contribution in [3.63, 3.8) is 0 Å². The van der Waals surface area contributed by atoms with Gasteiger partial charge in [-0.2, -0.15) is 0 Å². The van der Waals surface area contributed by atoms with Crippen molar-refractivity contribution in [2.24, 2.45) is 0 Å². The molecule has 0 atom stereocenters. The van der Waals surface area contributed by atoms with E-state index in [9.17, 15) is 0 Å². The molecule has 9 nitrogen and oxygen atoms in total. The number of nitrogens with zero attached hydrogens (tertiary/aromatic N) is 7. The monoisotopic (exact) mass is 1240 g/mol. The minimum atomic E-state index is 0.677. The van der Waals surface area contributed by atoms with Crippen molar-refractivity contribution >= 4 is 172 Å². The van der Waals surface area contributed by atoms with Gasteiger partial charge in [-0.05, 0) is 0 Å². The molecular formula is C23H17N9Tl4. The molecule has 0 unspecified atom stereocenters. The van der Waals surface area contributed by atoms with Gasteiger partial charge in [-0.1, -0.05) is 13.8 Å². The van der Waals surface area contributed by atoms with Crippen LogP contribution < -0.4 is 6.77 Å². The summed E-state index contributed by atoms with van der Waals surface area (Å²) in [6.45, 7) is 4.00.